The Morgan fingerprint density at radius 2 is 2.08 bits per heavy atom. The average molecular weight is 349 g/mol. The third-order valence-electron chi connectivity index (χ3n) is 4.60. The summed E-state index contributed by atoms with van der Waals surface area (Å²) in [4.78, 5) is 42.6. The van der Waals surface area contributed by atoms with E-state index < -0.39 is 5.69 Å². The van der Waals surface area contributed by atoms with Crippen LogP contribution in [0.1, 0.15) is 19.8 Å². The molecular formula is C16H23N5O4. The minimum Gasteiger partial charge on any atom is -0.375 e. The standard InChI is InChI=1S/C16H23N5O4/c1-11-9-20(7-8-25-11)12(22)5-4-6-21-10-17-14-13(21)15(23)19(3)16(24)18(14)2/h10-11H,4-9H2,1-3H3/t11-/m1/s1. The first-order chi connectivity index (χ1) is 11.9. The second-order valence-electron chi connectivity index (χ2n) is 6.44. The molecule has 0 bridgehead atoms. The van der Waals surface area contributed by atoms with Crippen LogP contribution in [0, 0.1) is 0 Å². The molecular weight excluding hydrogens is 326 g/mol. The van der Waals surface area contributed by atoms with Gasteiger partial charge in [-0.15, -0.1) is 0 Å². The fourth-order valence-corrected chi connectivity index (χ4v) is 3.17. The largest absolute Gasteiger partial charge is 0.375 e. The first kappa shape index (κ1) is 17.4. The van der Waals surface area contributed by atoms with Gasteiger partial charge in [-0.2, -0.15) is 0 Å². The molecule has 1 aliphatic rings. The highest BCUT2D eigenvalue weighted by molar-refractivity contribution is 5.76. The zero-order valence-electron chi connectivity index (χ0n) is 14.8. The van der Waals surface area contributed by atoms with Crippen LogP contribution in [0.2, 0.25) is 0 Å². The van der Waals surface area contributed by atoms with Crippen LogP contribution in [-0.2, 0) is 30.2 Å². The number of aromatic nitrogens is 4. The van der Waals surface area contributed by atoms with E-state index in [0.717, 1.165) is 4.57 Å². The van der Waals surface area contributed by atoms with Gasteiger partial charge in [-0.05, 0) is 13.3 Å². The van der Waals surface area contributed by atoms with Gasteiger partial charge >= 0.3 is 5.69 Å². The van der Waals surface area contributed by atoms with Gasteiger partial charge in [0.15, 0.2) is 11.2 Å². The molecule has 136 valence electrons. The van der Waals surface area contributed by atoms with Crippen LogP contribution >= 0.6 is 0 Å². The van der Waals surface area contributed by atoms with Crippen molar-refractivity contribution >= 4 is 17.1 Å². The maximum Gasteiger partial charge on any atom is 0.332 e. The summed E-state index contributed by atoms with van der Waals surface area (Å²) in [5.74, 6) is 0.0971. The number of imidazole rings is 1. The zero-order valence-corrected chi connectivity index (χ0v) is 14.8. The summed E-state index contributed by atoms with van der Waals surface area (Å²) in [5.41, 5.74) is -0.0261. The van der Waals surface area contributed by atoms with Crippen molar-refractivity contribution in [3.8, 4) is 0 Å². The molecule has 0 radical (unpaired) electrons. The minimum absolute atomic E-state index is 0.0691. The van der Waals surface area contributed by atoms with Gasteiger partial charge in [-0.3, -0.25) is 18.7 Å². The summed E-state index contributed by atoms with van der Waals surface area (Å²) < 4.78 is 9.58. The predicted octanol–water partition coefficient (Wildman–Crippen LogP) is -0.539. The Balaban J connectivity index is 1.71. The second kappa shape index (κ2) is 6.83. The van der Waals surface area contributed by atoms with Crippen molar-refractivity contribution in [2.45, 2.75) is 32.4 Å². The van der Waals surface area contributed by atoms with Crippen LogP contribution in [0.5, 0.6) is 0 Å². The van der Waals surface area contributed by atoms with E-state index in [9.17, 15) is 14.4 Å². The molecule has 9 nitrogen and oxygen atoms in total. The molecule has 25 heavy (non-hydrogen) atoms. The van der Waals surface area contributed by atoms with Gasteiger partial charge in [-0.1, -0.05) is 0 Å². The predicted molar refractivity (Wildman–Crippen MR) is 91.4 cm³/mol. The first-order valence-corrected chi connectivity index (χ1v) is 8.40. The number of rotatable bonds is 4. The zero-order chi connectivity index (χ0) is 18.1. The Morgan fingerprint density at radius 3 is 2.80 bits per heavy atom. The topological polar surface area (TPSA) is 91.4 Å². The smallest absolute Gasteiger partial charge is 0.332 e. The first-order valence-electron chi connectivity index (χ1n) is 8.40. The van der Waals surface area contributed by atoms with Crippen molar-refractivity contribution in [1.82, 2.24) is 23.6 Å². The van der Waals surface area contributed by atoms with Gasteiger partial charge in [0, 0.05) is 40.2 Å². The normalized spacial score (nSPS) is 18.0. The van der Waals surface area contributed by atoms with Crippen LogP contribution in [0.4, 0.5) is 0 Å². The van der Waals surface area contributed by atoms with Gasteiger partial charge in [0.2, 0.25) is 5.91 Å². The number of aryl methyl sites for hydroxylation is 2. The van der Waals surface area contributed by atoms with Crippen LogP contribution in [0.3, 0.4) is 0 Å². The van der Waals surface area contributed by atoms with E-state index in [0.29, 0.717) is 50.2 Å². The number of hydrogen-bond donors (Lipinski definition) is 0. The number of carbonyl (C=O) groups is 1. The van der Waals surface area contributed by atoms with E-state index in [1.54, 1.807) is 17.9 Å². The molecule has 1 saturated heterocycles. The number of morpholine rings is 1. The lowest BCUT2D eigenvalue weighted by molar-refractivity contribution is -0.138. The lowest BCUT2D eigenvalue weighted by Gasteiger charge is -2.31. The molecule has 2 aromatic rings. The number of fused-ring (bicyclic) bond motifs is 1. The third kappa shape index (κ3) is 3.23. The van der Waals surface area contributed by atoms with Crippen molar-refractivity contribution in [2.24, 2.45) is 14.1 Å². The number of hydrogen-bond acceptors (Lipinski definition) is 5. The van der Waals surface area contributed by atoms with Crippen LogP contribution in [-0.4, -0.2) is 55.3 Å². The van der Waals surface area contributed by atoms with E-state index in [1.165, 1.54) is 11.6 Å². The van der Waals surface area contributed by atoms with E-state index >= 15 is 0 Å². The molecule has 9 heteroatoms. The van der Waals surface area contributed by atoms with Gasteiger partial charge < -0.3 is 14.2 Å². The van der Waals surface area contributed by atoms with Crippen molar-refractivity contribution in [3.05, 3.63) is 27.2 Å². The van der Waals surface area contributed by atoms with Gasteiger partial charge in [0.1, 0.15) is 0 Å². The number of amides is 1. The summed E-state index contributed by atoms with van der Waals surface area (Å²) >= 11 is 0. The van der Waals surface area contributed by atoms with E-state index in [4.69, 9.17) is 4.74 Å². The van der Waals surface area contributed by atoms with Crippen molar-refractivity contribution in [2.75, 3.05) is 19.7 Å². The molecule has 0 saturated carbocycles. The number of nitrogens with zero attached hydrogens (tertiary/aromatic N) is 5. The highest BCUT2D eigenvalue weighted by Gasteiger charge is 2.21. The fourth-order valence-electron chi connectivity index (χ4n) is 3.17. The molecule has 1 fully saturated rings. The molecule has 0 N–H and O–H groups in total. The second-order valence-corrected chi connectivity index (χ2v) is 6.44. The lowest BCUT2D eigenvalue weighted by Crippen LogP contribution is -2.44. The van der Waals surface area contributed by atoms with Gasteiger partial charge in [0.25, 0.3) is 5.56 Å². The maximum absolute atomic E-state index is 12.4. The maximum atomic E-state index is 12.4. The molecule has 1 atom stereocenters. The minimum atomic E-state index is -0.403. The van der Waals surface area contributed by atoms with Gasteiger partial charge in [-0.25, -0.2) is 9.78 Å². The van der Waals surface area contributed by atoms with E-state index in [1.807, 2.05) is 11.8 Å². The Labute approximate surface area is 144 Å². The third-order valence-corrected chi connectivity index (χ3v) is 4.60. The molecule has 3 heterocycles. The Bertz CT molecular complexity index is 910. The lowest BCUT2D eigenvalue weighted by atomic mass is 10.2. The van der Waals surface area contributed by atoms with E-state index in [-0.39, 0.29) is 17.6 Å². The Morgan fingerprint density at radius 1 is 1.32 bits per heavy atom. The molecule has 0 aliphatic carbocycles. The Kier molecular flexibility index (Phi) is 4.76. The summed E-state index contributed by atoms with van der Waals surface area (Å²) in [7, 11) is 3.04. The highest BCUT2D eigenvalue weighted by Crippen LogP contribution is 2.10. The molecule has 0 spiro atoms. The number of ether oxygens (including phenoxy) is 1. The summed E-state index contributed by atoms with van der Waals surface area (Å²) in [5, 5.41) is 0. The molecule has 2 aromatic heterocycles. The highest BCUT2D eigenvalue weighted by atomic mass is 16.5. The summed E-state index contributed by atoms with van der Waals surface area (Å²) in [6.45, 7) is 4.27. The SMILES string of the molecule is C[C@@H]1CN(C(=O)CCCn2cnc3c2c(=O)n(C)c(=O)n3C)CCO1. The Hall–Kier alpha value is -2.42. The van der Waals surface area contributed by atoms with Crippen molar-refractivity contribution in [3.63, 3.8) is 0 Å². The molecule has 1 amide bonds. The monoisotopic (exact) mass is 349 g/mol. The number of carbonyl (C=O) groups excluding carboxylic acids is 1. The van der Waals surface area contributed by atoms with Crippen LogP contribution < -0.4 is 11.2 Å². The van der Waals surface area contributed by atoms with Crippen LogP contribution in [0.15, 0.2) is 15.9 Å². The van der Waals surface area contributed by atoms with Crippen LogP contribution in [0.25, 0.3) is 11.2 Å². The molecule has 3 rings (SSSR count). The molecule has 0 unspecified atom stereocenters. The summed E-state index contributed by atoms with van der Waals surface area (Å²) in [6, 6.07) is 0. The molecule has 0 aromatic carbocycles. The van der Waals surface area contributed by atoms with Crippen molar-refractivity contribution in [1.29, 1.82) is 0 Å². The summed E-state index contributed by atoms with van der Waals surface area (Å²) in [6.07, 6.45) is 2.62. The quantitative estimate of drug-likeness (QED) is 0.739. The van der Waals surface area contributed by atoms with Gasteiger partial charge in [0.05, 0.1) is 19.0 Å². The molecule has 1 aliphatic heterocycles. The average Bonchev–Trinajstić information content (AvgIpc) is 3.02. The van der Waals surface area contributed by atoms with E-state index in [2.05, 4.69) is 4.98 Å². The van der Waals surface area contributed by atoms with Crippen molar-refractivity contribution < 1.29 is 9.53 Å². The fraction of sp³-hybridized carbons (Fsp3) is 0.625.